The van der Waals surface area contributed by atoms with Crippen molar-refractivity contribution < 1.29 is 9.90 Å². The number of hydrogen-bond acceptors (Lipinski definition) is 1. The standard InChI is InChI=1S/C9H8Br2O2/c1-5-2-7(11)3-6(4-10)8(5)9(12)13/h2-3H,4H2,1H3,(H,12,13). The summed E-state index contributed by atoms with van der Waals surface area (Å²) in [6, 6.07) is 3.61. The minimum Gasteiger partial charge on any atom is -0.478 e. The molecule has 0 radical (unpaired) electrons. The van der Waals surface area contributed by atoms with Crippen molar-refractivity contribution in [1.29, 1.82) is 0 Å². The minimum absolute atomic E-state index is 0.389. The van der Waals surface area contributed by atoms with Crippen LogP contribution in [0.5, 0.6) is 0 Å². The molecule has 0 spiro atoms. The highest BCUT2D eigenvalue weighted by atomic mass is 79.9. The van der Waals surface area contributed by atoms with Gasteiger partial charge in [-0.3, -0.25) is 0 Å². The summed E-state index contributed by atoms with van der Waals surface area (Å²) in [5.74, 6) is -0.876. The fourth-order valence-corrected chi connectivity index (χ4v) is 2.29. The summed E-state index contributed by atoms with van der Waals surface area (Å²) in [4.78, 5) is 10.9. The van der Waals surface area contributed by atoms with Crippen LogP contribution in [0.3, 0.4) is 0 Å². The molecular formula is C9H8Br2O2. The quantitative estimate of drug-likeness (QED) is 0.851. The SMILES string of the molecule is Cc1cc(Br)cc(CBr)c1C(=O)O. The third kappa shape index (κ3) is 2.31. The second-order valence-electron chi connectivity index (χ2n) is 2.70. The number of aryl methyl sites for hydroxylation is 1. The van der Waals surface area contributed by atoms with Gasteiger partial charge in [0.15, 0.2) is 0 Å². The van der Waals surface area contributed by atoms with E-state index in [-0.39, 0.29) is 0 Å². The Morgan fingerprint density at radius 1 is 1.54 bits per heavy atom. The first-order chi connectivity index (χ1) is 6.06. The van der Waals surface area contributed by atoms with E-state index in [9.17, 15) is 4.79 Å². The lowest BCUT2D eigenvalue weighted by atomic mass is 10.0. The fraction of sp³-hybridized carbons (Fsp3) is 0.222. The third-order valence-electron chi connectivity index (χ3n) is 1.74. The van der Waals surface area contributed by atoms with Crippen molar-refractivity contribution in [2.24, 2.45) is 0 Å². The van der Waals surface area contributed by atoms with Crippen LogP contribution in [-0.4, -0.2) is 11.1 Å². The molecule has 0 aliphatic rings. The van der Waals surface area contributed by atoms with Crippen LogP contribution in [0.4, 0.5) is 0 Å². The Labute approximate surface area is 93.2 Å². The zero-order chi connectivity index (χ0) is 10.0. The third-order valence-corrected chi connectivity index (χ3v) is 2.80. The van der Waals surface area contributed by atoms with E-state index in [1.165, 1.54) is 0 Å². The predicted octanol–water partition coefficient (Wildman–Crippen LogP) is 3.35. The highest BCUT2D eigenvalue weighted by Crippen LogP contribution is 2.22. The van der Waals surface area contributed by atoms with Crippen molar-refractivity contribution in [3.63, 3.8) is 0 Å². The molecule has 0 aliphatic carbocycles. The molecule has 0 fully saturated rings. The number of benzene rings is 1. The second-order valence-corrected chi connectivity index (χ2v) is 4.17. The number of hydrogen-bond donors (Lipinski definition) is 1. The predicted molar refractivity (Wildman–Crippen MR) is 58.5 cm³/mol. The van der Waals surface area contributed by atoms with Crippen molar-refractivity contribution in [2.75, 3.05) is 0 Å². The van der Waals surface area contributed by atoms with Gasteiger partial charge < -0.3 is 5.11 Å². The summed E-state index contributed by atoms with van der Waals surface area (Å²) in [5.41, 5.74) is 1.95. The van der Waals surface area contributed by atoms with E-state index in [2.05, 4.69) is 31.9 Å². The van der Waals surface area contributed by atoms with E-state index in [1.807, 2.05) is 6.07 Å². The monoisotopic (exact) mass is 306 g/mol. The molecule has 0 bridgehead atoms. The van der Waals surface area contributed by atoms with E-state index < -0.39 is 5.97 Å². The summed E-state index contributed by atoms with van der Waals surface area (Å²) in [5, 5.41) is 9.48. The van der Waals surface area contributed by atoms with Gasteiger partial charge in [0.1, 0.15) is 0 Å². The average molecular weight is 308 g/mol. The molecule has 1 aromatic rings. The number of halogens is 2. The highest BCUT2D eigenvalue weighted by Gasteiger charge is 2.12. The second kappa shape index (κ2) is 4.24. The number of alkyl halides is 1. The van der Waals surface area contributed by atoms with Gasteiger partial charge in [0.05, 0.1) is 5.56 Å². The Morgan fingerprint density at radius 3 is 2.62 bits per heavy atom. The lowest BCUT2D eigenvalue weighted by molar-refractivity contribution is 0.0695. The van der Waals surface area contributed by atoms with E-state index in [0.717, 1.165) is 15.6 Å². The molecule has 0 amide bonds. The molecule has 1 N–H and O–H groups in total. The number of carboxylic acids is 1. The van der Waals surface area contributed by atoms with Crippen LogP contribution in [0.2, 0.25) is 0 Å². The molecule has 0 saturated carbocycles. The molecule has 70 valence electrons. The first-order valence-corrected chi connectivity index (χ1v) is 5.56. The Morgan fingerprint density at radius 2 is 2.15 bits per heavy atom. The summed E-state index contributed by atoms with van der Waals surface area (Å²) in [6.07, 6.45) is 0. The molecule has 1 rings (SSSR count). The van der Waals surface area contributed by atoms with Crippen LogP contribution < -0.4 is 0 Å². The Hall–Kier alpha value is -0.350. The van der Waals surface area contributed by atoms with Gasteiger partial charge in [-0.25, -0.2) is 4.79 Å². The van der Waals surface area contributed by atoms with Gasteiger partial charge in [-0.15, -0.1) is 0 Å². The van der Waals surface area contributed by atoms with Crippen molar-refractivity contribution >= 4 is 37.8 Å². The molecule has 13 heavy (non-hydrogen) atoms. The maximum Gasteiger partial charge on any atom is 0.336 e. The minimum atomic E-state index is -0.876. The van der Waals surface area contributed by atoms with Crippen LogP contribution in [0.15, 0.2) is 16.6 Å². The van der Waals surface area contributed by atoms with Crippen LogP contribution in [0.25, 0.3) is 0 Å². The summed E-state index contributed by atoms with van der Waals surface area (Å²) in [6.45, 7) is 1.79. The molecular weight excluding hydrogens is 300 g/mol. The Kier molecular flexibility index (Phi) is 3.50. The van der Waals surface area contributed by atoms with Crippen LogP contribution in [-0.2, 0) is 5.33 Å². The van der Waals surface area contributed by atoms with Gasteiger partial charge in [-0.05, 0) is 30.2 Å². The van der Waals surface area contributed by atoms with E-state index in [0.29, 0.717) is 10.9 Å². The molecule has 1 aromatic carbocycles. The van der Waals surface area contributed by atoms with Gasteiger partial charge in [0.25, 0.3) is 0 Å². The largest absolute Gasteiger partial charge is 0.478 e. The van der Waals surface area contributed by atoms with E-state index in [4.69, 9.17) is 5.11 Å². The number of carboxylic acid groups (broad SMARTS) is 1. The summed E-state index contributed by atoms with van der Waals surface area (Å²) >= 11 is 6.58. The molecule has 4 heteroatoms. The average Bonchev–Trinajstić information content (AvgIpc) is 2.01. The fourth-order valence-electron chi connectivity index (χ4n) is 1.22. The van der Waals surface area contributed by atoms with Gasteiger partial charge in [0, 0.05) is 9.80 Å². The zero-order valence-electron chi connectivity index (χ0n) is 6.97. The first-order valence-electron chi connectivity index (χ1n) is 3.64. The molecule has 0 unspecified atom stereocenters. The van der Waals surface area contributed by atoms with Gasteiger partial charge in [0.2, 0.25) is 0 Å². The summed E-state index contributed by atoms with van der Waals surface area (Å²) < 4.78 is 0.907. The van der Waals surface area contributed by atoms with Crippen molar-refractivity contribution in [2.45, 2.75) is 12.3 Å². The Balaban J connectivity index is 3.38. The molecule has 0 aliphatic heterocycles. The maximum absolute atomic E-state index is 10.9. The molecule has 0 atom stereocenters. The Bertz CT molecular complexity index is 348. The smallest absolute Gasteiger partial charge is 0.336 e. The molecule has 0 heterocycles. The summed E-state index contributed by atoms with van der Waals surface area (Å²) in [7, 11) is 0. The zero-order valence-corrected chi connectivity index (χ0v) is 10.1. The van der Waals surface area contributed by atoms with Gasteiger partial charge in [-0.2, -0.15) is 0 Å². The first kappa shape index (κ1) is 10.7. The number of rotatable bonds is 2. The van der Waals surface area contributed by atoms with Crippen LogP contribution in [0, 0.1) is 6.92 Å². The molecule has 0 aromatic heterocycles. The highest BCUT2D eigenvalue weighted by molar-refractivity contribution is 9.10. The number of aromatic carboxylic acids is 1. The lowest BCUT2D eigenvalue weighted by Crippen LogP contribution is -2.04. The van der Waals surface area contributed by atoms with Crippen molar-refractivity contribution in [3.8, 4) is 0 Å². The van der Waals surface area contributed by atoms with Crippen molar-refractivity contribution in [1.82, 2.24) is 0 Å². The maximum atomic E-state index is 10.9. The van der Waals surface area contributed by atoms with Gasteiger partial charge >= 0.3 is 5.97 Å². The van der Waals surface area contributed by atoms with E-state index in [1.54, 1.807) is 13.0 Å². The normalized spacial score (nSPS) is 10.1. The molecule has 0 saturated heterocycles. The van der Waals surface area contributed by atoms with E-state index >= 15 is 0 Å². The molecule has 2 nitrogen and oxygen atoms in total. The lowest BCUT2D eigenvalue weighted by Gasteiger charge is -2.06. The van der Waals surface area contributed by atoms with Crippen LogP contribution in [0.1, 0.15) is 21.5 Å². The topological polar surface area (TPSA) is 37.3 Å². The van der Waals surface area contributed by atoms with Gasteiger partial charge in [-0.1, -0.05) is 31.9 Å². The van der Waals surface area contributed by atoms with Crippen LogP contribution >= 0.6 is 31.9 Å². The van der Waals surface area contributed by atoms with Crippen molar-refractivity contribution in [3.05, 3.63) is 33.3 Å². The number of carbonyl (C=O) groups is 1.